The van der Waals surface area contributed by atoms with Gasteiger partial charge in [-0.1, -0.05) is 146 Å². The fourth-order valence-corrected chi connectivity index (χ4v) is 9.62. The first-order valence-corrected chi connectivity index (χ1v) is 24.5. The van der Waals surface area contributed by atoms with Crippen molar-refractivity contribution >= 4 is 147 Å². The Balaban J connectivity index is 0.000000192. The summed E-state index contributed by atoms with van der Waals surface area (Å²) >= 11 is 0. The molecule has 16 nitrogen and oxygen atoms in total. The molecule has 10 aromatic rings. The Kier molecular flexibility index (Phi) is 15.4. The smallest absolute Gasteiger partial charge is 0.744 e. The molecule has 0 saturated carbocycles. The Bertz CT molecular complexity index is 3810. The molecule has 0 bridgehead atoms. The summed E-state index contributed by atoms with van der Waals surface area (Å²) in [6, 6.07) is 53.5. The Morgan fingerprint density at radius 1 is 0.397 bits per heavy atom. The molecule has 0 radical (unpaired) electrons. The minimum atomic E-state index is -4.90. The number of nitrogens with zero attached hydrogens (tertiary/aromatic N) is 4. The van der Waals surface area contributed by atoms with Crippen LogP contribution in [0, 0.1) is 0 Å². The number of nitrogens with one attached hydrogen (secondary N) is 2. The van der Waals surface area contributed by atoms with E-state index in [2.05, 4.69) is 31.1 Å². The molecule has 0 heterocycles. The van der Waals surface area contributed by atoms with Crippen LogP contribution in [0.25, 0.3) is 43.1 Å². The van der Waals surface area contributed by atoms with E-state index in [9.17, 15) is 45.7 Å². The van der Waals surface area contributed by atoms with Crippen LogP contribution in [-0.2, 0) is 20.2 Å². The molecular weight excluding hydrogens is 997 g/mol. The normalized spacial score (nSPS) is 11.6. The predicted molar refractivity (Wildman–Crippen MR) is 278 cm³/mol. The Morgan fingerprint density at radius 2 is 0.712 bits per heavy atom. The fraction of sp³-hybridized carbons (Fsp3) is 0. The zero-order valence-corrected chi connectivity index (χ0v) is 41.8. The molecule has 73 heavy (non-hydrogen) atoms. The largest absolute Gasteiger partial charge is 2.00 e. The van der Waals surface area contributed by atoms with Crippen LogP contribution in [0.15, 0.2) is 224 Å². The van der Waals surface area contributed by atoms with Crippen LogP contribution in [0.3, 0.4) is 0 Å². The summed E-state index contributed by atoms with van der Waals surface area (Å²) < 4.78 is 72.7. The van der Waals surface area contributed by atoms with Crippen LogP contribution in [0.4, 0.5) is 34.1 Å². The number of carbonyl (C=O) groups is 2. The second-order valence-corrected chi connectivity index (χ2v) is 18.5. The van der Waals surface area contributed by atoms with Crippen molar-refractivity contribution < 1.29 is 45.7 Å². The van der Waals surface area contributed by atoms with Gasteiger partial charge in [-0.15, -0.1) is 20.5 Å². The predicted octanol–water partition coefficient (Wildman–Crippen LogP) is 12.2. The number of hydrogen-bond donors (Lipinski definition) is 4. The number of phenols is 2. The molecule has 4 N–H and O–H groups in total. The van der Waals surface area contributed by atoms with Gasteiger partial charge in [-0.05, 0) is 70.1 Å². The molecule has 10 rings (SSSR count). The van der Waals surface area contributed by atoms with E-state index < -0.39 is 53.3 Å². The summed E-state index contributed by atoms with van der Waals surface area (Å²) in [6.07, 6.45) is 0. The second-order valence-electron chi connectivity index (χ2n) is 15.9. The summed E-state index contributed by atoms with van der Waals surface area (Å²) in [7, 11) is -9.81. The van der Waals surface area contributed by atoms with E-state index in [1.807, 2.05) is 12.1 Å². The standard InChI is InChI=1S/2C27H19N3O5S.Ca/c2*31-25-22(27(32)28-19-10-2-1-3-11-19)16-18-9-5-6-12-20(18)24(25)30-29-23-15-14-17-8-4-7-13-21(17)26(23)36(33,34)35;/h2*1-16,31H,(H,28,32)(H,33,34,35);/q;;+2/p-2. The zero-order chi connectivity index (χ0) is 50.6. The monoisotopic (exact) mass is 1030 g/mol. The minimum Gasteiger partial charge on any atom is -0.744 e. The summed E-state index contributed by atoms with van der Waals surface area (Å²) in [5.74, 6) is -1.99. The topological polar surface area (TPSA) is 262 Å². The maximum Gasteiger partial charge on any atom is 2.00 e. The quantitative estimate of drug-likeness (QED) is 0.0572. The van der Waals surface area contributed by atoms with E-state index in [0.29, 0.717) is 43.7 Å². The van der Waals surface area contributed by atoms with Crippen LogP contribution in [0.5, 0.6) is 11.5 Å². The molecule has 0 aliphatic rings. The number of hydrogen-bond acceptors (Lipinski definition) is 14. The summed E-state index contributed by atoms with van der Waals surface area (Å²) in [5.41, 5.74) is 0.586. The van der Waals surface area contributed by atoms with Crippen LogP contribution in [0.2, 0.25) is 0 Å². The first-order valence-electron chi connectivity index (χ1n) is 21.7. The van der Waals surface area contributed by atoms with Crippen molar-refractivity contribution in [2.75, 3.05) is 10.6 Å². The van der Waals surface area contributed by atoms with E-state index in [1.165, 1.54) is 36.4 Å². The van der Waals surface area contributed by atoms with Crippen molar-refractivity contribution in [2.24, 2.45) is 20.5 Å². The maximum absolute atomic E-state index is 13.0. The molecule has 0 fully saturated rings. The summed E-state index contributed by atoms with van der Waals surface area (Å²) in [5, 5.41) is 47.6. The second kappa shape index (κ2) is 21.8. The number of fused-ring (bicyclic) bond motifs is 4. The third-order valence-electron chi connectivity index (χ3n) is 11.3. The van der Waals surface area contributed by atoms with E-state index >= 15 is 0 Å². The van der Waals surface area contributed by atoms with Crippen molar-refractivity contribution in [3.63, 3.8) is 0 Å². The molecule has 0 aliphatic carbocycles. The number of phenolic OH excluding ortho intramolecular Hbond substituents is 2. The van der Waals surface area contributed by atoms with E-state index in [1.54, 1.807) is 146 Å². The van der Waals surface area contributed by atoms with Crippen LogP contribution < -0.4 is 10.6 Å². The van der Waals surface area contributed by atoms with Crippen molar-refractivity contribution in [3.8, 4) is 11.5 Å². The Morgan fingerprint density at radius 3 is 1.07 bits per heavy atom. The molecule has 10 aromatic carbocycles. The van der Waals surface area contributed by atoms with Crippen molar-refractivity contribution in [1.82, 2.24) is 0 Å². The number of anilines is 2. The van der Waals surface area contributed by atoms with Gasteiger partial charge in [-0.2, -0.15) is 0 Å². The molecule has 356 valence electrons. The zero-order valence-electron chi connectivity index (χ0n) is 37.9. The average molecular weight is 1030 g/mol. The average Bonchev–Trinajstić information content (AvgIpc) is 3.37. The van der Waals surface area contributed by atoms with Crippen LogP contribution in [0.1, 0.15) is 20.7 Å². The van der Waals surface area contributed by atoms with E-state index in [-0.39, 0.29) is 82.4 Å². The number of azo groups is 2. The number of carbonyl (C=O) groups excluding carboxylic acids is 2. The van der Waals surface area contributed by atoms with Gasteiger partial charge >= 0.3 is 37.7 Å². The summed E-state index contributed by atoms with van der Waals surface area (Å²) in [4.78, 5) is 24.9. The van der Waals surface area contributed by atoms with Gasteiger partial charge in [0.05, 0.1) is 20.9 Å². The van der Waals surface area contributed by atoms with Crippen molar-refractivity contribution in [3.05, 3.63) is 205 Å². The third-order valence-corrected chi connectivity index (χ3v) is 13.1. The molecule has 0 saturated heterocycles. The SMILES string of the molecule is O=C(Nc1ccccc1)c1cc2ccccc2c(N=Nc2ccc3ccccc3c2S(=O)(=O)[O-])c1O.O=C(Nc1ccccc1)c1cc2ccccc2c(N=Nc2ccc3ccccc3c2S(=O)(=O)[O-])c1O.[Ca+2]. The molecule has 0 spiro atoms. The maximum atomic E-state index is 13.0. The van der Waals surface area contributed by atoms with E-state index in [4.69, 9.17) is 0 Å². The number of para-hydroxylation sites is 2. The molecule has 2 amide bonds. The van der Waals surface area contributed by atoms with Gasteiger partial charge in [0.25, 0.3) is 11.8 Å². The number of aromatic hydroxyl groups is 2. The molecule has 0 unspecified atom stereocenters. The van der Waals surface area contributed by atoms with Gasteiger partial charge in [0.15, 0.2) is 11.5 Å². The first kappa shape index (κ1) is 51.4. The van der Waals surface area contributed by atoms with Crippen LogP contribution >= 0.6 is 0 Å². The van der Waals surface area contributed by atoms with Crippen molar-refractivity contribution in [2.45, 2.75) is 9.79 Å². The minimum absolute atomic E-state index is 0. The molecule has 0 atom stereocenters. The number of benzene rings is 10. The Hall–Kier alpha value is -7.94. The Labute approximate surface area is 446 Å². The number of rotatable bonds is 10. The summed E-state index contributed by atoms with van der Waals surface area (Å²) in [6.45, 7) is 0. The number of amides is 2. The van der Waals surface area contributed by atoms with E-state index in [0.717, 1.165) is 0 Å². The molecular formula is C54H36CaN6O10S2. The third kappa shape index (κ3) is 11.3. The van der Waals surface area contributed by atoms with Gasteiger partial charge in [-0.3, -0.25) is 9.59 Å². The first-order chi connectivity index (χ1) is 34.7. The molecule has 19 heteroatoms. The molecule has 0 aromatic heterocycles. The van der Waals surface area contributed by atoms with Gasteiger partial charge < -0.3 is 30.0 Å². The van der Waals surface area contributed by atoms with Crippen molar-refractivity contribution in [1.29, 1.82) is 0 Å². The molecule has 0 aliphatic heterocycles. The van der Waals surface area contributed by atoms with Gasteiger partial charge in [-0.25, -0.2) is 16.8 Å². The van der Waals surface area contributed by atoms with Crippen LogP contribution in [-0.4, -0.2) is 85.7 Å². The van der Waals surface area contributed by atoms with Gasteiger partial charge in [0.1, 0.15) is 43.0 Å². The van der Waals surface area contributed by atoms with Gasteiger partial charge in [0.2, 0.25) is 0 Å². The fourth-order valence-electron chi connectivity index (χ4n) is 7.98. The van der Waals surface area contributed by atoms with Gasteiger partial charge in [0, 0.05) is 32.9 Å².